The number of hydrogen-bond donors (Lipinski definition) is 0. The van der Waals surface area contributed by atoms with Crippen LogP contribution in [0.2, 0.25) is 0 Å². The molecule has 64 valence electrons. The number of rotatable bonds is 0. The molecule has 4 heteroatoms. The van der Waals surface area contributed by atoms with Crippen LogP contribution < -0.4 is 0 Å². The van der Waals surface area contributed by atoms with Crippen molar-refractivity contribution in [2.75, 3.05) is 0 Å². The van der Waals surface area contributed by atoms with Gasteiger partial charge in [0.25, 0.3) is 0 Å². The molecule has 1 aliphatic heterocycles. The summed E-state index contributed by atoms with van der Waals surface area (Å²) in [6.07, 6.45) is 3.52. The van der Waals surface area contributed by atoms with E-state index in [1.165, 1.54) is 6.20 Å². The Morgan fingerprint density at radius 1 is 1.15 bits per heavy atom. The number of benzene rings is 1. The fraction of sp³-hybridized carbons (Fsp3) is 0.111. The second kappa shape index (κ2) is 2.90. The minimum Gasteiger partial charge on any atom is -0.0615 e. The summed E-state index contributed by atoms with van der Waals surface area (Å²) in [4.78, 5) is 23.0. The highest BCUT2D eigenvalue weighted by Crippen LogP contribution is 2.21. The van der Waals surface area contributed by atoms with Crippen molar-refractivity contribution in [3.63, 3.8) is 0 Å². The van der Waals surface area contributed by atoms with Crippen LogP contribution in [0.1, 0.15) is 5.56 Å². The number of allylic oxidation sites excluding steroid dienone is 1. The molecule has 0 atom stereocenters. The largest absolute Gasteiger partial charge is 0.352 e. The summed E-state index contributed by atoms with van der Waals surface area (Å²) in [5.41, 5.74) is 1.29. The van der Waals surface area contributed by atoms with Crippen LogP contribution in [0.25, 0.3) is 0 Å². The number of fused-ring (bicyclic) bond motifs is 1. The molecule has 0 saturated carbocycles. The van der Waals surface area contributed by atoms with E-state index >= 15 is 0 Å². The summed E-state index contributed by atoms with van der Waals surface area (Å²) < 4.78 is 0. The number of nitroso groups, excluding NO2 is 2. The molecular formula is C9H8N2O2+2. The third-order valence-electron chi connectivity index (χ3n) is 1.95. The molecule has 0 saturated heterocycles. The molecule has 1 aliphatic rings. The molecule has 0 aromatic heterocycles. The lowest BCUT2D eigenvalue weighted by molar-refractivity contribution is -1.07. The third kappa shape index (κ3) is 1.26. The van der Waals surface area contributed by atoms with Gasteiger partial charge >= 0.3 is 21.6 Å². The first-order valence-electron chi connectivity index (χ1n) is 3.97. The Hall–Kier alpha value is -1.84. The number of hydrazine groups is 1. The maximum atomic E-state index is 11.3. The van der Waals surface area contributed by atoms with E-state index in [0.717, 1.165) is 5.56 Å². The van der Waals surface area contributed by atoms with Crippen LogP contribution in [0.3, 0.4) is 0 Å². The molecule has 0 N–H and O–H groups in total. The lowest BCUT2D eigenvalue weighted by atomic mass is 10.1. The maximum Gasteiger partial charge on any atom is 0.352 e. The molecule has 1 aromatic rings. The third-order valence-corrected chi connectivity index (χ3v) is 1.95. The van der Waals surface area contributed by atoms with E-state index in [-0.39, 0.29) is 4.87 Å². The van der Waals surface area contributed by atoms with Gasteiger partial charge in [0.05, 0.1) is 0 Å². The summed E-state index contributed by atoms with van der Waals surface area (Å²) in [6.45, 7) is 0. The van der Waals surface area contributed by atoms with Crippen LogP contribution in [0.4, 0.5) is 5.69 Å². The zero-order valence-electron chi connectivity index (χ0n) is 6.88. The van der Waals surface area contributed by atoms with Crippen LogP contribution in [-0.2, 0) is 6.42 Å². The van der Waals surface area contributed by atoms with Gasteiger partial charge in [0.1, 0.15) is 9.81 Å². The summed E-state index contributed by atoms with van der Waals surface area (Å²) in [6, 6.07) is 7.06. The first-order chi connectivity index (χ1) is 6.29. The number of hydrogen-bond acceptors (Lipinski definition) is 2. The number of para-hydroxylation sites is 1. The first kappa shape index (κ1) is 7.79. The van der Waals surface area contributed by atoms with E-state index in [4.69, 9.17) is 0 Å². The van der Waals surface area contributed by atoms with Crippen LogP contribution >= 0.6 is 0 Å². The van der Waals surface area contributed by atoms with Gasteiger partial charge in [-0.25, -0.2) is 0 Å². The van der Waals surface area contributed by atoms with Crippen molar-refractivity contribution < 1.29 is 9.74 Å². The highest BCUT2D eigenvalue weighted by atomic mass is 16.4. The monoisotopic (exact) mass is 176 g/mol. The van der Waals surface area contributed by atoms with Crippen LogP contribution in [0.5, 0.6) is 0 Å². The van der Waals surface area contributed by atoms with Crippen LogP contribution in [-0.4, -0.2) is 9.74 Å². The summed E-state index contributed by atoms with van der Waals surface area (Å²) in [7, 11) is 0. The van der Waals surface area contributed by atoms with Crippen LogP contribution in [0, 0.1) is 9.81 Å². The van der Waals surface area contributed by atoms with Crippen molar-refractivity contribution in [2.45, 2.75) is 6.42 Å². The van der Waals surface area contributed by atoms with Gasteiger partial charge in [-0.05, 0) is 6.08 Å². The average molecular weight is 176 g/mol. The van der Waals surface area contributed by atoms with Gasteiger partial charge < -0.3 is 0 Å². The van der Waals surface area contributed by atoms with Crippen molar-refractivity contribution in [1.29, 1.82) is 0 Å². The molecule has 0 aliphatic carbocycles. The summed E-state index contributed by atoms with van der Waals surface area (Å²) >= 11 is 0. The minimum atomic E-state index is 0.284. The smallest absolute Gasteiger partial charge is 0.0615 e. The van der Waals surface area contributed by atoms with Gasteiger partial charge in [0.15, 0.2) is 0 Å². The van der Waals surface area contributed by atoms with E-state index in [1.54, 1.807) is 18.2 Å². The predicted octanol–water partition coefficient (Wildman–Crippen LogP) is 1.86. The fourth-order valence-corrected chi connectivity index (χ4v) is 1.31. The Balaban J connectivity index is 2.59. The molecule has 0 amide bonds. The molecule has 1 heterocycles. The Bertz CT molecular complexity index is 410. The normalized spacial score (nSPS) is 15.4. The molecule has 0 spiro atoms. The van der Waals surface area contributed by atoms with E-state index < -0.39 is 0 Å². The van der Waals surface area contributed by atoms with E-state index in [1.807, 2.05) is 12.1 Å². The molecule has 13 heavy (non-hydrogen) atoms. The average Bonchev–Trinajstić information content (AvgIpc) is 2.29. The molecule has 0 fully saturated rings. The van der Waals surface area contributed by atoms with E-state index in [9.17, 15) is 9.81 Å². The summed E-state index contributed by atoms with van der Waals surface area (Å²) in [5, 5.41) is 0. The topological polar surface area (TPSA) is 40.2 Å². The molecule has 0 bridgehead atoms. The van der Waals surface area contributed by atoms with Crippen molar-refractivity contribution in [1.82, 2.24) is 0 Å². The number of nitrogens with zero attached hydrogens (tertiary/aromatic N) is 2. The van der Waals surface area contributed by atoms with Crippen molar-refractivity contribution in [3.05, 3.63) is 51.9 Å². The van der Waals surface area contributed by atoms with E-state index in [2.05, 4.69) is 0 Å². The van der Waals surface area contributed by atoms with Gasteiger partial charge in [0.2, 0.25) is 0 Å². The predicted molar refractivity (Wildman–Crippen MR) is 46.2 cm³/mol. The lowest BCUT2D eigenvalue weighted by Crippen LogP contribution is -2.10. The van der Waals surface area contributed by atoms with Gasteiger partial charge in [-0.1, -0.05) is 18.2 Å². The standard InChI is InChI=1S/C9H8N2O2/c12-10-7-3-5-8-4-1-2-6-9(8)11(10)13/h1-4,6-7H,5H2/q+2. The Kier molecular flexibility index (Phi) is 1.73. The SMILES string of the molecule is O=[N+]1C=CCc2ccccc2[N+]1=O. The van der Waals surface area contributed by atoms with Crippen molar-refractivity contribution in [3.8, 4) is 0 Å². The Labute approximate surface area is 74.6 Å². The Morgan fingerprint density at radius 3 is 2.77 bits per heavy atom. The fourth-order valence-electron chi connectivity index (χ4n) is 1.31. The second-order valence-corrected chi connectivity index (χ2v) is 2.79. The summed E-state index contributed by atoms with van der Waals surface area (Å²) in [5.74, 6) is 0. The first-order valence-corrected chi connectivity index (χ1v) is 3.97. The molecular weight excluding hydrogens is 168 g/mol. The molecule has 4 nitrogen and oxygen atoms in total. The van der Waals surface area contributed by atoms with Crippen LogP contribution in [0.15, 0.2) is 36.5 Å². The molecule has 1 aromatic carbocycles. The quantitative estimate of drug-likeness (QED) is 0.566. The minimum absolute atomic E-state index is 0.284. The van der Waals surface area contributed by atoms with Gasteiger partial charge in [-0.15, -0.1) is 0 Å². The van der Waals surface area contributed by atoms with Crippen molar-refractivity contribution in [2.24, 2.45) is 0 Å². The molecule has 0 unspecified atom stereocenters. The van der Waals surface area contributed by atoms with Gasteiger partial charge in [0, 0.05) is 18.1 Å². The maximum absolute atomic E-state index is 11.3. The van der Waals surface area contributed by atoms with Crippen molar-refractivity contribution >= 4 is 5.69 Å². The zero-order chi connectivity index (χ0) is 9.26. The lowest BCUT2D eigenvalue weighted by Gasteiger charge is -1.89. The molecule has 0 radical (unpaired) electrons. The Morgan fingerprint density at radius 2 is 1.92 bits per heavy atom. The molecule has 2 rings (SSSR count). The van der Waals surface area contributed by atoms with Gasteiger partial charge in [-0.2, -0.15) is 0 Å². The highest BCUT2D eigenvalue weighted by Gasteiger charge is 2.34. The zero-order valence-corrected chi connectivity index (χ0v) is 6.88. The highest BCUT2D eigenvalue weighted by molar-refractivity contribution is 5.40. The second-order valence-electron chi connectivity index (χ2n) is 2.79. The van der Waals surface area contributed by atoms with Gasteiger partial charge in [-0.3, -0.25) is 0 Å². The van der Waals surface area contributed by atoms with E-state index in [0.29, 0.717) is 17.0 Å².